The van der Waals surface area contributed by atoms with Gasteiger partial charge in [-0.3, -0.25) is 9.78 Å². The second-order valence-corrected chi connectivity index (χ2v) is 14.8. The van der Waals surface area contributed by atoms with Gasteiger partial charge in [0.25, 0.3) is 5.91 Å². The smallest absolute Gasteiger partial charge is 0.255 e. The molecule has 2 heterocycles. The van der Waals surface area contributed by atoms with E-state index in [9.17, 15) is 4.79 Å². The number of hydrogen-bond acceptors (Lipinski definition) is 3. The summed E-state index contributed by atoms with van der Waals surface area (Å²) in [5.74, 6) is -0.124. The van der Waals surface area contributed by atoms with E-state index in [2.05, 4.69) is 40.8 Å². The Morgan fingerprint density at radius 3 is 2.52 bits per heavy atom. The van der Waals surface area contributed by atoms with E-state index in [1.807, 2.05) is 30.3 Å². The van der Waals surface area contributed by atoms with Crippen molar-refractivity contribution in [2.75, 3.05) is 11.9 Å². The Bertz CT molecular complexity index is 1080. The molecule has 172 valence electrons. The number of amides is 1. The van der Waals surface area contributed by atoms with Crippen molar-refractivity contribution in [1.29, 1.82) is 0 Å². The van der Waals surface area contributed by atoms with Crippen molar-refractivity contribution < 1.29 is 4.79 Å². The molecular weight excluding hydrogens is 446 g/mol. The van der Waals surface area contributed by atoms with Crippen LogP contribution < -0.4 is 15.8 Å². The topological polar surface area (TPSA) is 54.0 Å². The molecule has 33 heavy (non-hydrogen) atoms. The Morgan fingerprint density at radius 1 is 1.09 bits per heavy atom. The van der Waals surface area contributed by atoms with Crippen LogP contribution in [0.3, 0.4) is 0 Å². The summed E-state index contributed by atoms with van der Waals surface area (Å²) in [6.07, 6.45) is 6.95. The van der Waals surface area contributed by atoms with E-state index in [0.717, 1.165) is 11.3 Å². The van der Waals surface area contributed by atoms with Crippen LogP contribution in [0.4, 0.5) is 5.69 Å². The van der Waals surface area contributed by atoms with Crippen molar-refractivity contribution in [3.8, 4) is 11.3 Å². The summed E-state index contributed by atoms with van der Waals surface area (Å²) < 4.78 is 0. The number of benzene rings is 2. The fraction of sp³-hybridized carbons (Fsp3) is 0.333. The maximum Gasteiger partial charge on any atom is 0.255 e. The van der Waals surface area contributed by atoms with Gasteiger partial charge in [0.05, 0.1) is 18.8 Å². The third kappa shape index (κ3) is 6.11. The van der Waals surface area contributed by atoms with Crippen molar-refractivity contribution in [1.82, 2.24) is 10.3 Å². The Balaban J connectivity index is 1.36. The van der Waals surface area contributed by atoms with Crippen LogP contribution in [0.15, 0.2) is 66.9 Å². The summed E-state index contributed by atoms with van der Waals surface area (Å²) in [7, 11) is -1.50. The maximum absolute atomic E-state index is 12.7. The second kappa shape index (κ2) is 10.6. The predicted molar refractivity (Wildman–Crippen MR) is 141 cm³/mol. The molecule has 1 amide bonds. The highest BCUT2D eigenvalue weighted by Gasteiger charge is 2.25. The normalized spacial score (nSPS) is 16.4. The predicted octanol–water partition coefficient (Wildman–Crippen LogP) is 6.10. The molecule has 3 aromatic rings. The number of nitrogens with zero attached hydrogens (tertiary/aromatic N) is 1. The molecule has 4 rings (SSSR count). The molecule has 1 aromatic heterocycles. The molecule has 4 nitrogen and oxygen atoms in total. The Morgan fingerprint density at radius 2 is 1.85 bits per heavy atom. The molecular formula is C27H32ClN3OSi. The van der Waals surface area contributed by atoms with E-state index >= 15 is 0 Å². The Kier molecular flexibility index (Phi) is 7.63. The molecule has 1 aliphatic heterocycles. The lowest BCUT2D eigenvalue weighted by Gasteiger charge is -2.28. The van der Waals surface area contributed by atoms with Gasteiger partial charge in [-0.1, -0.05) is 66.6 Å². The molecule has 1 unspecified atom stereocenters. The maximum atomic E-state index is 12.7. The minimum Gasteiger partial charge on any atom is -0.322 e. The van der Waals surface area contributed by atoms with Crippen molar-refractivity contribution in [2.24, 2.45) is 0 Å². The number of halogens is 1. The van der Waals surface area contributed by atoms with E-state index in [4.69, 9.17) is 11.6 Å². The van der Waals surface area contributed by atoms with Gasteiger partial charge < -0.3 is 10.6 Å². The van der Waals surface area contributed by atoms with Gasteiger partial charge >= 0.3 is 0 Å². The molecule has 1 aliphatic rings. The first-order valence-electron chi connectivity index (χ1n) is 11.8. The zero-order valence-corrected chi connectivity index (χ0v) is 21.2. The first kappa shape index (κ1) is 23.7. The standard InChI is InChI=1S/C27H32ClN3OSi/c1-33(2,19-16-22-6-3-4-17-29-22)24-14-12-23(13-15-24)31-27(32)21-10-8-20(9-11-21)26-25(28)7-5-18-30-26/h5,7-15,18,22,29H,3-4,6,16-17,19H2,1-2H3,(H,31,32). The van der Waals surface area contributed by atoms with Crippen LogP contribution in [0, 0.1) is 0 Å². The quantitative estimate of drug-likeness (QED) is 0.404. The minimum atomic E-state index is -1.50. The number of aromatic nitrogens is 1. The number of carbonyl (C=O) groups excluding carboxylic acids is 1. The van der Waals surface area contributed by atoms with Crippen LogP contribution in [-0.4, -0.2) is 31.6 Å². The number of rotatable bonds is 7. The summed E-state index contributed by atoms with van der Waals surface area (Å²) in [6, 6.07) is 21.4. The second-order valence-electron chi connectivity index (χ2n) is 9.51. The first-order chi connectivity index (χ1) is 15.9. The largest absolute Gasteiger partial charge is 0.322 e. The van der Waals surface area contributed by atoms with Gasteiger partial charge in [-0.15, -0.1) is 0 Å². The van der Waals surface area contributed by atoms with Gasteiger partial charge in [-0.25, -0.2) is 0 Å². The molecule has 2 N–H and O–H groups in total. The fourth-order valence-electron chi connectivity index (χ4n) is 4.44. The van der Waals surface area contributed by atoms with Crippen molar-refractivity contribution >= 4 is 36.5 Å². The molecule has 0 spiro atoms. The zero-order valence-electron chi connectivity index (χ0n) is 19.4. The third-order valence-corrected chi connectivity index (χ3v) is 10.4. The summed E-state index contributed by atoms with van der Waals surface area (Å²) in [5, 5.41) is 8.72. The van der Waals surface area contributed by atoms with Crippen LogP contribution in [0.25, 0.3) is 11.3 Å². The van der Waals surface area contributed by atoms with Crippen LogP contribution in [-0.2, 0) is 0 Å². The third-order valence-electron chi connectivity index (χ3n) is 6.63. The Labute approximate surface area is 202 Å². The lowest BCUT2D eigenvalue weighted by atomic mass is 10.0. The molecule has 0 bridgehead atoms. The van der Waals surface area contributed by atoms with E-state index < -0.39 is 8.07 Å². The summed E-state index contributed by atoms with van der Waals surface area (Å²) in [6.45, 7) is 6.05. The molecule has 6 heteroatoms. The number of carbonyl (C=O) groups is 1. The van der Waals surface area contributed by atoms with E-state index in [0.29, 0.717) is 22.3 Å². The van der Waals surface area contributed by atoms with Crippen molar-refractivity contribution in [3.63, 3.8) is 0 Å². The van der Waals surface area contributed by atoms with Gasteiger partial charge in [0.2, 0.25) is 0 Å². The van der Waals surface area contributed by atoms with Gasteiger partial charge in [0.1, 0.15) is 0 Å². The molecule has 1 saturated heterocycles. The lowest BCUT2D eigenvalue weighted by Crippen LogP contribution is -2.43. The van der Waals surface area contributed by atoms with E-state index in [1.165, 1.54) is 43.5 Å². The minimum absolute atomic E-state index is 0.124. The molecule has 0 aliphatic carbocycles. The molecule has 0 saturated carbocycles. The van der Waals surface area contributed by atoms with Crippen molar-refractivity contribution in [2.45, 2.75) is 50.9 Å². The molecule has 1 atom stereocenters. The van der Waals surface area contributed by atoms with Gasteiger partial charge in [0.15, 0.2) is 0 Å². The average Bonchev–Trinajstić information content (AvgIpc) is 2.84. The Hall–Kier alpha value is -2.47. The highest BCUT2D eigenvalue weighted by atomic mass is 35.5. The highest BCUT2D eigenvalue weighted by Crippen LogP contribution is 2.25. The number of pyridine rings is 1. The van der Waals surface area contributed by atoms with Gasteiger partial charge in [-0.05, 0) is 62.2 Å². The van der Waals surface area contributed by atoms with E-state index in [1.54, 1.807) is 24.4 Å². The SMILES string of the molecule is C[Si](C)(CCC1CCCCN1)c1ccc(NC(=O)c2ccc(-c3ncccc3Cl)cc2)cc1. The van der Waals surface area contributed by atoms with Crippen molar-refractivity contribution in [3.05, 3.63) is 77.4 Å². The summed E-state index contributed by atoms with van der Waals surface area (Å²) >= 11 is 6.23. The number of hydrogen-bond donors (Lipinski definition) is 2. The number of anilines is 1. The monoisotopic (exact) mass is 477 g/mol. The fourth-order valence-corrected chi connectivity index (χ4v) is 7.09. The summed E-state index contributed by atoms with van der Waals surface area (Å²) in [4.78, 5) is 17.1. The summed E-state index contributed by atoms with van der Waals surface area (Å²) in [5.41, 5.74) is 3.02. The van der Waals surface area contributed by atoms with Crippen LogP contribution in [0.1, 0.15) is 36.0 Å². The highest BCUT2D eigenvalue weighted by molar-refractivity contribution is 6.89. The first-order valence-corrected chi connectivity index (χ1v) is 15.4. The number of piperidine rings is 1. The molecule has 1 fully saturated rings. The van der Waals surface area contributed by atoms with Gasteiger partial charge in [-0.2, -0.15) is 0 Å². The van der Waals surface area contributed by atoms with Crippen LogP contribution in [0.5, 0.6) is 0 Å². The molecule has 0 radical (unpaired) electrons. The van der Waals surface area contributed by atoms with Crippen LogP contribution in [0.2, 0.25) is 24.2 Å². The van der Waals surface area contributed by atoms with E-state index in [-0.39, 0.29) is 5.91 Å². The van der Waals surface area contributed by atoms with Gasteiger partial charge in [0, 0.05) is 29.1 Å². The number of nitrogens with one attached hydrogen (secondary N) is 2. The molecule has 2 aromatic carbocycles. The lowest BCUT2D eigenvalue weighted by molar-refractivity contribution is 0.102. The average molecular weight is 478 g/mol. The zero-order chi connectivity index (χ0) is 23.3. The van der Waals surface area contributed by atoms with Crippen LogP contribution >= 0.6 is 11.6 Å².